The molecule has 0 N–H and O–H groups in total. The molecule has 2 aromatic rings. The predicted molar refractivity (Wildman–Crippen MR) is 82.2 cm³/mol. The molecule has 0 aliphatic heterocycles. The first-order valence-electron chi connectivity index (χ1n) is 5.82. The van der Waals surface area contributed by atoms with Gasteiger partial charge in [-0.05, 0) is 53.9 Å². The van der Waals surface area contributed by atoms with Gasteiger partial charge in [0.1, 0.15) is 18.2 Å². The summed E-state index contributed by atoms with van der Waals surface area (Å²) in [4.78, 5) is 0. The largest absolute Gasteiger partial charge is 0.489 e. The molecule has 0 spiro atoms. The van der Waals surface area contributed by atoms with E-state index in [0.717, 1.165) is 32.2 Å². The van der Waals surface area contributed by atoms with E-state index in [4.69, 9.17) is 4.74 Å². The maximum Gasteiger partial charge on any atom is 0.123 e. The van der Waals surface area contributed by atoms with Gasteiger partial charge >= 0.3 is 0 Å². The van der Waals surface area contributed by atoms with Gasteiger partial charge in [0.25, 0.3) is 0 Å². The van der Waals surface area contributed by atoms with Crippen molar-refractivity contribution in [2.45, 2.75) is 18.9 Å². The van der Waals surface area contributed by atoms with Gasteiger partial charge in [0.15, 0.2) is 0 Å². The van der Waals surface area contributed by atoms with E-state index < -0.39 is 0 Å². The Morgan fingerprint density at radius 2 is 1.89 bits per heavy atom. The van der Waals surface area contributed by atoms with Gasteiger partial charge in [-0.3, -0.25) is 0 Å². The van der Waals surface area contributed by atoms with Crippen LogP contribution in [0.2, 0.25) is 0 Å². The maximum absolute atomic E-state index is 13.0. The highest BCUT2D eigenvalue weighted by atomic mass is 79.9. The van der Waals surface area contributed by atoms with E-state index >= 15 is 0 Å². The second-order valence-electron chi connectivity index (χ2n) is 4.25. The summed E-state index contributed by atoms with van der Waals surface area (Å²) in [7, 11) is 0. The normalized spacial score (nSPS) is 10.5. The highest BCUT2D eigenvalue weighted by Crippen LogP contribution is 2.25. The first-order chi connectivity index (χ1) is 9.10. The molecular weight excluding hydrogens is 375 g/mol. The molecule has 0 saturated carbocycles. The number of hydrogen-bond donors (Lipinski definition) is 0. The lowest BCUT2D eigenvalue weighted by Crippen LogP contribution is -1.99. The Morgan fingerprint density at radius 3 is 2.58 bits per heavy atom. The average Bonchev–Trinajstić information content (AvgIpc) is 2.39. The van der Waals surface area contributed by atoms with Crippen LogP contribution >= 0.6 is 31.9 Å². The van der Waals surface area contributed by atoms with Gasteiger partial charge in [0, 0.05) is 9.80 Å². The molecule has 0 bridgehead atoms. The highest BCUT2D eigenvalue weighted by molar-refractivity contribution is 9.10. The Morgan fingerprint density at radius 1 is 1.11 bits per heavy atom. The lowest BCUT2D eigenvalue weighted by Gasteiger charge is -2.10. The summed E-state index contributed by atoms with van der Waals surface area (Å²) >= 11 is 6.91. The molecule has 19 heavy (non-hydrogen) atoms. The third-order valence-electron chi connectivity index (χ3n) is 2.86. The van der Waals surface area contributed by atoms with Crippen molar-refractivity contribution < 1.29 is 9.13 Å². The van der Waals surface area contributed by atoms with Crippen LogP contribution in [-0.4, -0.2) is 0 Å². The topological polar surface area (TPSA) is 9.23 Å². The Balaban J connectivity index is 2.10. The molecule has 0 heterocycles. The van der Waals surface area contributed by atoms with E-state index in [0.29, 0.717) is 6.61 Å². The Labute approximate surface area is 129 Å². The summed E-state index contributed by atoms with van der Waals surface area (Å²) in [5.41, 5.74) is 3.02. The summed E-state index contributed by atoms with van der Waals surface area (Å²) in [5.74, 6) is 0.591. The predicted octanol–water partition coefficient (Wildman–Crippen LogP) is 5.37. The molecule has 1 nitrogen and oxygen atoms in total. The van der Waals surface area contributed by atoms with E-state index in [2.05, 4.69) is 31.9 Å². The van der Waals surface area contributed by atoms with E-state index in [-0.39, 0.29) is 5.82 Å². The maximum atomic E-state index is 13.0. The van der Waals surface area contributed by atoms with Crippen molar-refractivity contribution in [2.24, 2.45) is 0 Å². The fourth-order valence-corrected chi connectivity index (χ4v) is 2.95. The molecule has 0 aromatic heterocycles. The zero-order chi connectivity index (χ0) is 13.8. The molecule has 0 saturated heterocycles. The summed E-state index contributed by atoms with van der Waals surface area (Å²) in [6.45, 7) is 2.32. The van der Waals surface area contributed by atoms with Crippen LogP contribution < -0.4 is 4.74 Å². The monoisotopic (exact) mass is 386 g/mol. The molecule has 0 fully saturated rings. The fraction of sp³-hybridized carbons (Fsp3) is 0.200. The fourth-order valence-electron chi connectivity index (χ4n) is 1.73. The van der Waals surface area contributed by atoms with Crippen LogP contribution in [-0.2, 0) is 11.9 Å². The van der Waals surface area contributed by atoms with Crippen LogP contribution in [0, 0.1) is 12.7 Å². The molecule has 0 radical (unpaired) electrons. The second kappa shape index (κ2) is 6.53. The van der Waals surface area contributed by atoms with Crippen molar-refractivity contribution >= 4 is 31.9 Å². The third kappa shape index (κ3) is 3.80. The quantitative estimate of drug-likeness (QED) is 0.640. The number of rotatable bonds is 4. The van der Waals surface area contributed by atoms with Gasteiger partial charge in [-0.1, -0.05) is 37.9 Å². The van der Waals surface area contributed by atoms with Gasteiger partial charge in [-0.15, -0.1) is 0 Å². The van der Waals surface area contributed by atoms with Crippen LogP contribution in [0.1, 0.15) is 16.7 Å². The molecule has 2 aromatic carbocycles. The highest BCUT2D eigenvalue weighted by Gasteiger charge is 2.04. The van der Waals surface area contributed by atoms with E-state index in [1.165, 1.54) is 12.1 Å². The van der Waals surface area contributed by atoms with Crippen molar-refractivity contribution in [3.63, 3.8) is 0 Å². The van der Waals surface area contributed by atoms with Crippen molar-refractivity contribution in [3.05, 3.63) is 63.4 Å². The SMILES string of the molecule is Cc1cc(F)ccc1COc1ccc(Br)c(CBr)c1. The summed E-state index contributed by atoms with van der Waals surface area (Å²) in [6.07, 6.45) is 0. The molecule has 2 rings (SSSR count). The zero-order valence-corrected chi connectivity index (χ0v) is 13.6. The summed E-state index contributed by atoms with van der Waals surface area (Å²) in [6, 6.07) is 10.6. The molecule has 4 heteroatoms. The van der Waals surface area contributed by atoms with Crippen LogP contribution in [0.25, 0.3) is 0 Å². The number of ether oxygens (including phenoxy) is 1. The van der Waals surface area contributed by atoms with Crippen molar-refractivity contribution in [1.29, 1.82) is 0 Å². The van der Waals surface area contributed by atoms with E-state index in [1.54, 1.807) is 6.07 Å². The van der Waals surface area contributed by atoms with Crippen LogP contribution in [0.3, 0.4) is 0 Å². The van der Waals surface area contributed by atoms with E-state index in [9.17, 15) is 4.39 Å². The third-order valence-corrected chi connectivity index (χ3v) is 4.24. The minimum atomic E-state index is -0.216. The zero-order valence-electron chi connectivity index (χ0n) is 10.4. The number of benzene rings is 2. The van der Waals surface area contributed by atoms with Gasteiger partial charge in [0.2, 0.25) is 0 Å². The number of aryl methyl sites for hydroxylation is 1. The lowest BCUT2D eigenvalue weighted by molar-refractivity contribution is 0.305. The molecule has 0 aliphatic rings. The molecule has 100 valence electrons. The molecule has 0 aliphatic carbocycles. The van der Waals surface area contributed by atoms with Gasteiger partial charge in [0.05, 0.1) is 0 Å². The molecule has 0 unspecified atom stereocenters. The van der Waals surface area contributed by atoms with Gasteiger partial charge in [-0.2, -0.15) is 0 Å². The second-order valence-corrected chi connectivity index (χ2v) is 5.66. The van der Waals surface area contributed by atoms with Gasteiger partial charge in [-0.25, -0.2) is 4.39 Å². The van der Waals surface area contributed by atoms with Crippen LogP contribution in [0.5, 0.6) is 5.75 Å². The van der Waals surface area contributed by atoms with Crippen molar-refractivity contribution in [3.8, 4) is 5.75 Å². The van der Waals surface area contributed by atoms with Gasteiger partial charge < -0.3 is 4.74 Å². The average molecular weight is 388 g/mol. The molecule has 0 amide bonds. The smallest absolute Gasteiger partial charge is 0.123 e. The summed E-state index contributed by atoms with van der Waals surface area (Å²) in [5, 5.41) is 0.764. The first-order valence-corrected chi connectivity index (χ1v) is 7.74. The Kier molecular flexibility index (Phi) is 4.99. The molecule has 0 atom stereocenters. The minimum Gasteiger partial charge on any atom is -0.489 e. The van der Waals surface area contributed by atoms with Crippen LogP contribution in [0.4, 0.5) is 4.39 Å². The number of alkyl halides is 1. The number of halogens is 3. The summed E-state index contributed by atoms with van der Waals surface area (Å²) < 4.78 is 19.8. The van der Waals surface area contributed by atoms with Crippen molar-refractivity contribution in [1.82, 2.24) is 0 Å². The minimum absolute atomic E-state index is 0.216. The van der Waals surface area contributed by atoms with Crippen LogP contribution in [0.15, 0.2) is 40.9 Å². The van der Waals surface area contributed by atoms with E-state index in [1.807, 2.05) is 25.1 Å². The first kappa shape index (κ1) is 14.5. The Hall–Kier alpha value is -0.870. The number of hydrogen-bond acceptors (Lipinski definition) is 1. The standard InChI is InChI=1S/C15H13Br2FO/c1-10-6-13(18)3-2-11(10)9-19-14-4-5-15(17)12(7-14)8-16/h2-7H,8-9H2,1H3. The Bertz CT molecular complexity index is 584. The lowest BCUT2D eigenvalue weighted by atomic mass is 10.1. The van der Waals surface area contributed by atoms with Crippen molar-refractivity contribution in [2.75, 3.05) is 0 Å². The molecular formula is C15H13Br2FO.